The molecule has 1 amide bonds. The largest absolute Gasteiger partial charge is 0.488 e. The molecule has 0 aliphatic rings. The summed E-state index contributed by atoms with van der Waals surface area (Å²) in [6.45, 7) is 7.12. The second kappa shape index (κ2) is 12.3. The zero-order valence-corrected chi connectivity index (χ0v) is 22.6. The summed E-state index contributed by atoms with van der Waals surface area (Å²) in [6.07, 6.45) is 1.19. The summed E-state index contributed by atoms with van der Waals surface area (Å²) < 4.78 is 23.5. The van der Waals surface area contributed by atoms with Crippen molar-refractivity contribution in [2.75, 3.05) is 6.54 Å². The molecule has 3 aromatic carbocycles. The maximum atomic E-state index is 12.9. The van der Waals surface area contributed by atoms with Crippen LogP contribution in [0.3, 0.4) is 0 Å². The Morgan fingerprint density at radius 3 is 2.12 bits per heavy atom. The lowest BCUT2D eigenvalue weighted by Gasteiger charge is -2.19. The Hall–Kier alpha value is -4.92. The molecule has 2 heterocycles. The molecule has 0 fully saturated rings. The van der Waals surface area contributed by atoms with E-state index in [1.54, 1.807) is 0 Å². The van der Waals surface area contributed by atoms with E-state index in [-0.39, 0.29) is 17.4 Å². The molecule has 1 N–H and O–H groups in total. The molecule has 5 aromatic rings. The van der Waals surface area contributed by atoms with Crippen LogP contribution in [0.15, 0.2) is 88.2 Å². The van der Waals surface area contributed by atoms with E-state index in [2.05, 4.69) is 34.5 Å². The van der Waals surface area contributed by atoms with Crippen LogP contribution in [0.25, 0.3) is 22.7 Å². The number of benzene rings is 3. The number of amides is 1. The van der Waals surface area contributed by atoms with Crippen molar-refractivity contribution in [3.05, 3.63) is 102 Å². The SMILES string of the molecule is CCNC(=O)c1noc(-c2cc(C(C)C)c(OCc3ccccc3)cc2OCc2ccccc2)c1-c1ncon1. The molecule has 0 saturated carbocycles. The van der Waals surface area contributed by atoms with Gasteiger partial charge in [0.25, 0.3) is 5.91 Å². The average Bonchev–Trinajstić information content (AvgIpc) is 3.66. The summed E-state index contributed by atoms with van der Waals surface area (Å²) >= 11 is 0. The van der Waals surface area contributed by atoms with E-state index in [4.69, 9.17) is 18.5 Å². The number of carbonyl (C=O) groups excluding carboxylic acids is 1. The van der Waals surface area contributed by atoms with Crippen LogP contribution in [0.5, 0.6) is 11.5 Å². The van der Waals surface area contributed by atoms with Crippen LogP contribution >= 0.6 is 0 Å². The smallest absolute Gasteiger partial charge is 0.274 e. The number of hydrogen-bond acceptors (Lipinski definition) is 8. The van der Waals surface area contributed by atoms with Crippen molar-refractivity contribution in [3.63, 3.8) is 0 Å². The van der Waals surface area contributed by atoms with E-state index >= 15 is 0 Å². The normalized spacial score (nSPS) is 11.0. The molecule has 0 unspecified atom stereocenters. The average molecular weight is 539 g/mol. The van der Waals surface area contributed by atoms with Crippen molar-refractivity contribution in [3.8, 4) is 34.2 Å². The maximum absolute atomic E-state index is 12.9. The van der Waals surface area contributed by atoms with Gasteiger partial charge >= 0.3 is 0 Å². The molecule has 2 aromatic heterocycles. The zero-order chi connectivity index (χ0) is 27.9. The molecule has 40 heavy (non-hydrogen) atoms. The monoisotopic (exact) mass is 538 g/mol. The second-order valence-corrected chi connectivity index (χ2v) is 9.44. The van der Waals surface area contributed by atoms with Gasteiger partial charge in [-0.3, -0.25) is 4.79 Å². The third kappa shape index (κ3) is 5.88. The van der Waals surface area contributed by atoms with Crippen LogP contribution < -0.4 is 14.8 Å². The van der Waals surface area contributed by atoms with Gasteiger partial charge in [0.2, 0.25) is 12.2 Å². The minimum Gasteiger partial charge on any atom is -0.488 e. The molecule has 204 valence electrons. The number of hydrogen-bond donors (Lipinski definition) is 1. The summed E-state index contributed by atoms with van der Waals surface area (Å²) in [5, 5.41) is 10.8. The molecule has 0 aliphatic heterocycles. The van der Waals surface area contributed by atoms with E-state index in [0.29, 0.717) is 48.1 Å². The van der Waals surface area contributed by atoms with Gasteiger partial charge in [0, 0.05) is 12.6 Å². The molecule has 9 nitrogen and oxygen atoms in total. The Kier molecular flexibility index (Phi) is 8.20. The van der Waals surface area contributed by atoms with Crippen molar-refractivity contribution in [2.45, 2.75) is 39.9 Å². The first-order chi connectivity index (χ1) is 19.5. The lowest BCUT2D eigenvalue weighted by Crippen LogP contribution is -2.23. The van der Waals surface area contributed by atoms with E-state index in [0.717, 1.165) is 16.7 Å². The van der Waals surface area contributed by atoms with Gasteiger partial charge < -0.3 is 23.8 Å². The van der Waals surface area contributed by atoms with Gasteiger partial charge in [0.05, 0.1) is 5.56 Å². The minimum atomic E-state index is -0.407. The highest BCUT2D eigenvalue weighted by atomic mass is 16.5. The lowest BCUT2D eigenvalue weighted by atomic mass is 9.96. The number of ether oxygens (including phenoxy) is 2. The van der Waals surface area contributed by atoms with Gasteiger partial charge in [-0.15, -0.1) is 0 Å². The predicted molar refractivity (Wildman–Crippen MR) is 149 cm³/mol. The van der Waals surface area contributed by atoms with Crippen LogP contribution in [-0.2, 0) is 13.2 Å². The predicted octanol–water partition coefficient (Wildman–Crippen LogP) is 6.42. The van der Waals surface area contributed by atoms with Gasteiger partial charge in [-0.05, 0) is 35.6 Å². The van der Waals surface area contributed by atoms with Crippen molar-refractivity contribution >= 4 is 5.91 Å². The van der Waals surface area contributed by atoms with Crippen LogP contribution in [0, 0.1) is 0 Å². The number of carbonyl (C=O) groups is 1. The number of aromatic nitrogens is 3. The second-order valence-electron chi connectivity index (χ2n) is 9.44. The minimum absolute atomic E-state index is 0.0581. The first-order valence-corrected chi connectivity index (χ1v) is 13.1. The third-order valence-electron chi connectivity index (χ3n) is 6.28. The number of nitrogens with zero attached hydrogens (tertiary/aromatic N) is 3. The highest BCUT2D eigenvalue weighted by Gasteiger charge is 2.30. The van der Waals surface area contributed by atoms with Gasteiger partial charge in [-0.2, -0.15) is 4.98 Å². The molecule has 0 atom stereocenters. The Balaban J connectivity index is 1.63. The number of nitrogens with one attached hydrogen (secondary N) is 1. The van der Waals surface area contributed by atoms with Gasteiger partial charge in [-0.25, -0.2) is 0 Å². The molecule has 0 bridgehead atoms. The molecular formula is C31H30N4O5. The van der Waals surface area contributed by atoms with Crippen molar-refractivity contribution in [1.29, 1.82) is 0 Å². The summed E-state index contributed by atoms with van der Waals surface area (Å²) in [7, 11) is 0. The summed E-state index contributed by atoms with van der Waals surface area (Å²) in [6, 6.07) is 23.6. The lowest BCUT2D eigenvalue weighted by molar-refractivity contribution is 0.0947. The Morgan fingerprint density at radius 1 is 0.900 bits per heavy atom. The molecule has 0 radical (unpaired) electrons. The van der Waals surface area contributed by atoms with Crippen LogP contribution in [0.2, 0.25) is 0 Å². The van der Waals surface area contributed by atoms with Crippen LogP contribution in [-0.4, -0.2) is 27.7 Å². The Bertz CT molecular complexity index is 1550. The first-order valence-electron chi connectivity index (χ1n) is 13.1. The topological polar surface area (TPSA) is 113 Å². The molecule has 9 heteroatoms. The quantitative estimate of drug-likeness (QED) is 0.205. The Morgan fingerprint density at radius 2 is 1.55 bits per heavy atom. The summed E-state index contributed by atoms with van der Waals surface area (Å²) in [4.78, 5) is 17.1. The molecule has 0 saturated heterocycles. The molecule has 5 rings (SSSR count). The van der Waals surface area contributed by atoms with E-state index in [1.807, 2.05) is 79.7 Å². The fraction of sp³-hybridized carbons (Fsp3) is 0.226. The van der Waals surface area contributed by atoms with Gasteiger partial charge in [0.1, 0.15) is 30.3 Å². The first kappa shape index (κ1) is 26.7. The number of rotatable bonds is 11. The Labute approximate surface area is 232 Å². The van der Waals surface area contributed by atoms with Crippen LogP contribution in [0.1, 0.15) is 53.9 Å². The summed E-state index contributed by atoms with van der Waals surface area (Å²) in [5.41, 5.74) is 3.95. The van der Waals surface area contributed by atoms with Gasteiger partial charge in [-0.1, -0.05) is 84.8 Å². The zero-order valence-electron chi connectivity index (χ0n) is 22.6. The van der Waals surface area contributed by atoms with E-state index in [9.17, 15) is 4.79 Å². The van der Waals surface area contributed by atoms with Gasteiger partial charge in [0.15, 0.2) is 11.5 Å². The van der Waals surface area contributed by atoms with Crippen molar-refractivity contribution < 1.29 is 23.3 Å². The standard InChI is InChI=1S/C31H30N4O5/c1-4-32-31(36)28-27(30-33-19-39-35-30)29(40-34-28)24-15-23(20(2)3)25(37-17-21-11-7-5-8-12-21)16-26(24)38-18-22-13-9-6-10-14-22/h5-16,19-20H,4,17-18H2,1-3H3,(H,32,36). The van der Waals surface area contributed by atoms with E-state index < -0.39 is 5.91 Å². The highest BCUT2D eigenvalue weighted by Crippen LogP contribution is 2.43. The molecule has 0 aliphatic carbocycles. The van der Waals surface area contributed by atoms with E-state index in [1.165, 1.54) is 6.39 Å². The third-order valence-corrected chi connectivity index (χ3v) is 6.28. The molecule has 0 spiro atoms. The summed E-state index contributed by atoms with van der Waals surface area (Å²) in [5.74, 6) is 1.36. The fourth-order valence-electron chi connectivity index (χ4n) is 4.28. The highest BCUT2D eigenvalue weighted by molar-refractivity contribution is 6.01. The van der Waals surface area contributed by atoms with Crippen molar-refractivity contribution in [1.82, 2.24) is 20.6 Å². The fourth-order valence-corrected chi connectivity index (χ4v) is 4.28. The van der Waals surface area contributed by atoms with Crippen LogP contribution in [0.4, 0.5) is 0 Å². The van der Waals surface area contributed by atoms with Crippen molar-refractivity contribution in [2.24, 2.45) is 0 Å². The maximum Gasteiger partial charge on any atom is 0.274 e. The molecular weight excluding hydrogens is 508 g/mol.